The smallest absolute Gasteiger partial charge is 0.239 e. The summed E-state index contributed by atoms with van der Waals surface area (Å²) in [6, 6.07) is 11.8. The van der Waals surface area contributed by atoms with Crippen LogP contribution in [0.2, 0.25) is 0 Å². The lowest BCUT2D eigenvalue weighted by Gasteiger charge is -2.21. The molecule has 1 aliphatic heterocycles. The van der Waals surface area contributed by atoms with Gasteiger partial charge in [-0.2, -0.15) is 0 Å². The molecule has 20 heavy (non-hydrogen) atoms. The van der Waals surface area contributed by atoms with Gasteiger partial charge in [-0.25, -0.2) is 8.42 Å². The van der Waals surface area contributed by atoms with Crippen LogP contribution in [0.5, 0.6) is 0 Å². The average molecular weight is 291 g/mol. The number of hydrogen-bond donors (Lipinski definition) is 1. The van der Waals surface area contributed by atoms with Crippen molar-refractivity contribution in [3.8, 4) is 0 Å². The Balaban J connectivity index is 1.90. The fraction of sp³-hybridized carbons (Fsp3) is 0.333. The molecule has 1 atom stereocenters. The van der Waals surface area contributed by atoms with Crippen LogP contribution in [0.1, 0.15) is 31.1 Å². The lowest BCUT2D eigenvalue weighted by molar-refractivity contribution is 0.321. The van der Waals surface area contributed by atoms with Crippen LogP contribution in [0.4, 0.5) is 0 Å². The van der Waals surface area contributed by atoms with Crippen LogP contribution in [-0.4, -0.2) is 15.0 Å². The van der Waals surface area contributed by atoms with Crippen LogP contribution >= 0.6 is 0 Å². The molecule has 2 aromatic rings. The molecule has 0 amide bonds. The molecular weight excluding hydrogens is 274 g/mol. The minimum absolute atomic E-state index is 0.0195. The van der Waals surface area contributed by atoms with Crippen LogP contribution < -0.4 is 5.32 Å². The quantitative estimate of drug-likeness (QED) is 0.944. The van der Waals surface area contributed by atoms with E-state index in [0.717, 1.165) is 25.8 Å². The zero-order valence-electron chi connectivity index (χ0n) is 11.1. The van der Waals surface area contributed by atoms with E-state index in [1.165, 1.54) is 0 Å². The summed E-state index contributed by atoms with van der Waals surface area (Å²) in [4.78, 5) is 0.262. The van der Waals surface area contributed by atoms with Gasteiger partial charge in [-0.3, -0.25) is 0 Å². The highest BCUT2D eigenvalue weighted by Gasteiger charge is 2.24. The van der Waals surface area contributed by atoms with Crippen molar-refractivity contribution in [1.29, 1.82) is 0 Å². The first-order valence-electron chi connectivity index (χ1n) is 6.81. The Morgan fingerprint density at radius 3 is 2.55 bits per heavy atom. The maximum atomic E-state index is 12.4. The number of nitrogens with one attached hydrogen (secondary N) is 1. The minimum atomic E-state index is -3.55. The minimum Gasteiger partial charge on any atom is -0.448 e. The number of sulfone groups is 1. The highest BCUT2D eigenvalue weighted by Crippen LogP contribution is 2.28. The molecule has 0 bridgehead atoms. The van der Waals surface area contributed by atoms with Crippen molar-refractivity contribution in [3.05, 3.63) is 48.2 Å². The molecule has 1 fully saturated rings. The third-order valence-electron chi connectivity index (χ3n) is 3.57. The molecule has 1 aliphatic rings. The molecule has 0 aliphatic carbocycles. The maximum Gasteiger partial charge on any atom is 0.239 e. The molecular formula is C15H17NO3S. The Morgan fingerprint density at radius 1 is 1.05 bits per heavy atom. The Labute approximate surface area is 118 Å². The Kier molecular flexibility index (Phi) is 3.63. The largest absolute Gasteiger partial charge is 0.448 e. The van der Waals surface area contributed by atoms with E-state index >= 15 is 0 Å². The molecule has 0 unspecified atom stereocenters. The molecule has 1 saturated heterocycles. The summed E-state index contributed by atoms with van der Waals surface area (Å²) in [5.41, 5.74) is 0. The van der Waals surface area contributed by atoms with Gasteiger partial charge in [0.2, 0.25) is 14.9 Å². The molecule has 1 N–H and O–H groups in total. The Morgan fingerprint density at radius 2 is 1.85 bits per heavy atom. The first-order chi connectivity index (χ1) is 9.68. The number of furan rings is 1. The van der Waals surface area contributed by atoms with E-state index in [2.05, 4.69) is 5.32 Å². The van der Waals surface area contributed by atoms with Gasteiger partial charge in [-0.1, -0.05) is 24.6 Å². The molecule has 1 aromatic heterocycles. The number of rotatable bonds is 3. The number of hydrogen-bond acceptors (Lipinski definition) is 4. The molecule has 106 valence electrons. The van der Waals surface area contributed by atoms with E-state index in [9.17, 15) is 8.42 Å². The second-order valence-corrected chi connectivity index (χ2v) is 6.86. The summed E-state index contributed by atoms with van der Waals surface area (Å²) in [6.45, 7) is 0.951. The molecule has 1 aromatic carbocycles. The lowest BCUT2D eigenvalue weighted by atomic mass is 10.0. The molecule has 0 radical (unpaired) electrons. The Hall–Kier alpha value is -1.59. The van der Waals surface area contributed by atoms with Gasteiger partial charge >= 0.3 is 0 Å². The van der Waals surface area contributed by atoms with Gasteiger partial charge in [-0.05, 0) is 43.7 Å². The zero-order valence-corrected chi connectivity index (χ0v) is 11.9. The highest BCUT2D eigenvalue weighted by molar-refractivity contribution is 7.91. The zero-order chi connectivity index (χ0) is 14.0. The first-order valence-corrected chi connectivity index (χ1v) is 8.29. The molecule has 0 saturated carbocycles. The van der Waals surface area contributed by atoms with Gasteiger partial charge in [0, 0.05) is 0 Å². The topological polar surface area (TPSA) is 59.3 Å². The summed E-state index contributed by atoms with van der Waals surface area (Å²) in [7, 11) is -3.55. The van der Waals surface area contributed by atoms with Crippen molar-refractivity contribution in [2.24, 2.45) is 0 Å². The van der Waals surface area contributed by atoms with Crippen LogP contribution in [0.3, 0.4) is 0 Å². The van der Waals surface area contributed by atoms with Crippen molar-refractivity contribution in [2.75, 3.05) is 6.54 Å². The van der Waals surface area contributed by atoms with Gasteiger partial charge in [-0.15, -0.1) is 0 Å². The van der Waals surface area contributed by atoms with E-state index in [0.29, 0.717) is 5.76 Å². The second kappa shape index (κ2) is 5.42. The summed E-state index contributed by atoms with van der Waals surface area (Å²) in [5.74, 6) is 0.708. The fourth-order valence-electron chi connectivity index (χ4n) is 2.48. The summed E-state index contributed by atoms with van der Waals surface area (Å²) in [6.07, 6.45) is 3.28. The van der Waals surface area contributed by atoms with Crippen LogP contribution in [-0.2, 0) is 9.84 Å². The van der Waals surface area contributed by atoms with Gasteiger partial charge in [0.15, 0.2) is 0 Å². The second-order valence-electron chi connectivity index (χ2n) is 4.98. The maximum absolute atomic E-state index is 12.4. The van der Waals surface area contributed by atoms with Crippen molar-refractivity contribution < 1.29 is 12.8 Å². The van der Waals surface area contributed by atoms with E-state index in [1.54, 1.807) is 42.5 Å². The predicted molar refractivity (Wildman–Crippen MR) is 75.2 cm³/mol. The van der Waals surface area contributed by atoms with Gasteiger partial charge in [0.25, 0.3) is 0 Å². The molecule has 4 nitrogen and oxygen atoms in total. The van der Waals surface area contributed by atoms with E-state index in [1.807, 2.05) is 0 Å². The van der Waals surface area contributed by atoms with Crippen LogP contribution in [0.25, 0.3) is 0 Å². The first kappa shape index (κ1) is 13.4. The third kappa shape index (κ3) is 2.51. The summed E-state index contributed by atoms with van der Waals surface area (Å²) >= 11 is 0. The number of piperidine rings is 1. The van der Waals surface area contributed by atoms with Crippen molar-refractivity contribution in [2.45, 2.75) is 35.3 Å². The summed E-state index contributed by atoms with van der Waals surface area (Å²) in [5, 5.41) is 3.37. The SMILES string of the molecule is O=S(=O)(c1ccccc1)c1ccc([C@@H]2CCCCN2)o1. The Bertz CT molecular complexity index is 670. The predicted octanol–water partition coefficient (Wildman–Crippen LogP) is 2.93. The molecule has 2 heterocycles. The van der Waals surface area contributed by atoms with Gasteiger partial charge in [0.05, 0.1) is 10.9 Å². The van der Waals surface area contributed by atoms with Gasteiger partial charge < -0.3 is 9.73 Å². The third-order valence-corrected chi connectivity index (χ3v) is 5.22. The van der Waals surface area contributed by atoms with E-state index < -0.39 is 9.84 Å². The van der Waals surface area contributed by atoms with E-state index in [4.69, 9.17) is 4.42 Å². The highest BCUT2D eigenvalue weighted by atomic mass is 32.2. The molecule has 0 spiro atoms. The van der Waals surface area contributed by atoms with Gasteiger partial charge in [0.1, 0.15) is 5.76 Å². The lowest BCUT2D eigenvalue weighted by Crippen LogP contribution is -2.26. The van der Waals surface area contributed by atoms with Crippen LogP contribution in [0.15, 0.2) is 56.9 Å². The fourth-order valence-corrected chi connectivity index (χ4v) is 3.68. The normalized spacial score (nSPS) is 19.9. The molecule has 3 rings (SSSR count). The molecule has 5 heteroatoms. The van der Waals surface area contributed by atoms with Crippen LogP contribution in [0, 0.1) is 0 Å². The van der Waals surface area contributed by atoms with Crippen molar-refractivity contribution in [1.82, 2.24) is 5.32 Å². The van der Waals surface area contributed by atoms with Crippen molar-refractivity contribution in [3.63, 3.8) is 0 Å². The average Bonchev–Trinajstić information content (AvgIpc) is 3.00. The van der Waals surface area contributed by atoms with Crippen molar-refractivity contribution >= 4 is 9.84 Å². The summed E-state index contributed by atoms with van der Waals surface area (Å²) < 4.78 is 30.4. The van der Waals surface area contributed by atoms with E-state index in [-0.39, 0.29) is 16.0 Å². The monoisotopic (exact) mass is 291 g/mol. The number of benzene rings is 1. The standard InChI is InChI=1S/C15H17NO3S/c17-20(18,12-6-2-1-3-7-12)15-10-9-14(19-15)13-8-4-5-11-16-13/h1-3,6-7,9-10,13,16H,4-5,8,11H2/t13-/m0/s1.